The molecule has 0 fully saturated rings. The van der Waals surface area contributed by atoms with Gasteiger partial charge in [0.2, 0.25) is 0 Å². The van der Waals surface area contributed by atoms with Crippen LogP contribution < -0.4 is 10.6 Å². The second kappa shape index (κ2) is 4.45. The molecule has 1 aromatic rings. The van der Waals surface area contributed by atoms with E-state index < -0.39 is 0 Å². The molecule has 0 saturated heterocycles. The van der Waals surface area contributed by atoms with Crippen LogP contribution in [0.2, 0.25) is 0 Å². The van der Waals surface area contributed by atoms with E-state index >= 15 is 0 Å². The Kier molecular flexibility index (Phi) is 2.99. The lowest BCUT2D eigenvalue weighted by Crippen LogP contribution is -2.25. The number of aliphatic imine (C=N–C) groups is 1. The van der Waals surface area contributed by atoms with Crippen LogP contribution in [-0.2, 0) is 6.42 Å². The van der Waals surface area contributed by atoms with Crippen molar-refractivity contribution in [2.75, 3.05) is 12.4 Å². The molecule has 0 bridgehead atoms. The number of hydrogen-bond donors (Lipinski definition) is 3. The zero-order valence-electron chi connectivity index (χ0n) is 9.87. The normalized spacial score (nSPS) is 13.6. The first-order chi connectivity index (χ1) is 8.11. The van der Waals surface area contributed by atoms with Crippen molar-refractivity contribution in [3.8, 4) is 5.75 Å². The molecule has 0 atom stereocenters. The molecule has 2 rings (SSSR count). The van der Waals surface area contributed by atoms with Gasteiger partial charge in [-0.3, -0.25) is 4.99 Å². The molecule has 3 N–H and O–H groups in total. The van der Waals surface area contributed by atoms with Gasteiger partial charge in [-0.25, -0.2) is 4.79 Å². The maximum Gasteiger partial charge on any atom is 0.319 e. The summed E-state index contributed by atoms with van der Waals surface area (Å²) in [6.45, 7) is 1.97. The fraction of sp³-hybridized carbons (Fsp3) is 0.333. The summed E-state index contributed by atoms with van der Waals surface area (Å²) in [6, 6.07) is 2.97. The smallest absolute Gasteiger partial charge is 0.319 e. The van der Waals surface area contributed by atoms with Crippen LogP contribution in [0.25, 0.3) is 0 Å². The average molecular weight is 233 g/mol. The first-order valence-corrected chi connectivity index (χ1v) is 5.49. The number of amides is 2. The van der Waals surface area contributed by atoms with Gasteiger partial charge in [0, 0.05) is 18.3 Å². The molecule has 2 amide bonds. The number of aromatic hydroxyl groups is 1. The van der Waals surface area contributed by atoms with Gasteiger partial charge < -0.3 is 15.7 Å². The number of urea groups is 1. The van der Waals surface area contributed by atoms with E-state index in [1.54, 1.807) is 12.1 Å². The van der Waals surface area contributed by atoms with E-state index in [0.717, 1.165) is 29.8 Å². The van der Waals surface area contributed by atoms with Crippen LogP contribution in [0.3, 0.4) is 0 Å². The van der Waals surface area contributed by atoms with Gasteiger partial charge in [-0.15, -0.1) is 0 Å². The third kappa shape index (κ3) is 2.22. The highest BCUT2D eigenvalue weighted by atomic mass is 16.3. The van der Waals surface area contributed by atoms with Gasteiger partial charge in [0.25, 0.3) is 0 Å². The van der Waals surface area contributed by atoms with Crippen LogP contribution in [0, 0.1) is 0 Å². The molecule has 1 aliphatic rings. The minimum absolute atomic E-state index is 0.0714. The molecule has 1 aliphatic heterocycles. The van der Waals surface area contributed by atoms with E-state index in [1.807, 2.05) is 6.92 Å². The van der Waals surface area contributed by atoms with Crippen LogP contribution in [0.5, 0.6) is 5.75 Å². The maximum atomic E-state index is 11.3. The summed E-state index contributed by atoms with van der Waals surface area (Å²) in [5, 5.41) is 14.9. The predicted molar refractivity (Wildman–Crippen MR) is 67.3 cm³/mol. The molecule has 0 aliphatic carbocycles. The van der Waals surface area contributed by atoms with Crippen LogP contribution in [0.4, 0.5) is 16.2 Å². The number of hydrogen-bond acceptors (Lipinski definition) is 3. The van der Waals surface area contributed by atoms with Crippen LogP contribution in [0.15, 0.2) is 17.1 Å². The Bertz CT molecular complexity index is 495. The molecule has 0 aromatic heterocycles. The summed E-state index contributed by atoms with van der Waals surface area (Å²) in [7, 11) is 1.53. The number of carbonyl (C=O) groups is 1. The maximum absolute atomic E-state index is 11.3. The van der Waals surface area contributed by atoms with Gasteiger partial charge in [-0.2, -0.15) is 0 Å². The van der Waals surface area contributed by atoms with Crippen molar-refractivity contribution >= 4 is 23.1 Å². The number of phenols is 1. The zero-order valence-corrected chi connectivity index (χ0v) is 9.87. The lowest BCUT2D eigenvalue weighted by molar-refractivity contribution is 0.254. The monoisotopic (exact) mass is 233 g/mol. The predicted octanol–water partition coefficient (Wildman–Crippen LogP) is 2.18. The Hall–Kier alpha value is -2.04. The molecule has 0 spiro atoms. The number of anilines is 1. The molecule has 90 valence electrons. The Morgan fingerprint density at radius 3 is 2.88 bits per heavy atom. The third-order valence-electron chi connectivity index (χ3n) is 2.78. The zero-order chi connectivity index (χ0) is 12.4. The molecular weight excluding hydrogens is 218 g/mol. The van der Waals surface area contributed by atoms with Crippen molar-refractivity contribution in [3.63, 3.8) is 0 Å². The first-order valence-electron chi connectivity index (χ1n) is 5.49. The minimum Gasteiger partial charge on any atom is -0.506 e. The molecule has 5 nitrogen and oxygen atoms in total. The topological polar surface area (TPSA) is 73.7 Å². The van der Waals surface area contributed by atoms with Gasteiger partial charge in [-0.1, -0.05) is 0 Å². The fourth-order valence-corrected chi connectivity index (χ4v) is 1.87. The number of carbonyl (C=O) groups excluding carboxylic acids is 1. The second-order valence-corrected chi connectivity index (χ2v) is 4.01. The summed E-state index contributed by atoms with van der Waals surface area (Å²) in [5.41, 5.74) is 3.23. The highest BCUT2D eigenvalue weighted by Gasteiger charge is 2.17. The van der Waals surface area contributed by atoms with Crippen molar-refractivity contribution in [3.05, 3.63) is 17.7 Å². The second-order valence-electron chi connectivity index (χ2n) is 4.01. The standard InChI is InChI=1S/C12H15N3O2/c1-7-3-4-8-9(14-7)5-6-10(16)11(8)15-12(17)13-2/h5-6,16H,3-4H2,1-2H3,(H2,13,15,17). The Morgan fingerprint density at radius 1 is 1.41 bits per heavy atom. The molecule has 0 saturated carbocycles. The van der Waals surface area contributed by atoms with E-state index in [9.17, 15) is 9.90 Å². The van der Waals surface area contributed by atoms with Crippen molar-refractivity contribution in [2.24, 2.45) is 4.99 Å². The Balaban J connectivity index is 2.44. The van der Waals surface area contributed by atoms with Crippen molar-refractivity contribution in [1.82, 2.24) is 5.32 Å². The molecule has 1 aromatic carbocycles. The summed E-state index contributed by atoms with van der Waals surface area (Å²) in [4.78, 5) is 15.7. The van der Waals surface area contributed by atoms with Gasteiger partial charge in [0.05, 0.1) is 11.4 Å². The van der Waals surface area contributed by atoms with Crippen LogP contribution >= 0.6 is 0 Å². The largest absolute Gasteiger partial charge is 0.506 e. The SMILES string of the molecule is CNC(=O)Nc1c(O)ccc2c1CCC(C)=N2. The Labute approximate surface area is 99.6 Å². The average Bonchev–Trinajstić information content (AvgIpc) is 2.32. The van der Waals surface area contributed by atoms with Gasteiger partial charge >= 0.3 is 6.03 Å². The van der Waals surface area contributed by atoms with Crippen molar-refractivity contribution < 1.29 is 9.90 Å². The number of phenolic OH excluding ortho intramolecular Hbond substituents is 1. The lowest BCUT2D eigenvalue weighted by atomic mass is 9.99. The molecule has 5 heteroatoms. The minimum atomic E-state index is -0.347. The lowest BCUT2D eigenvalue weighted by Gasteiger charge is -2.18. The highest BCUT2D eigenvalue weighted by molar-refractivity contribution is 5.95. The number of nitrogens with zero attached hydrogens (tertiary/aromatic N) is 1. The van der Waals surface area contributed by atoms with E-state index in [2.05, 4.69) is 15.6 Å². The number of rotatable bonds is 1. The summed E-state index contributed by atoms with van der Waals surface area (Å²) in [6.07, 6.45) is 1.62. The molecule has 17 heavy (non-hydrogen) atoms. The molecule has 0 radical (unpaired) electrons. The number of fused-ring (bicyclic) bond motifs is 1. The van der Waals surface area contributed by atoms with Gasteiger partial charge in [0.1, 0.15) is 5.75 Å². The summed E-state index contributed by atoms with van der Waals surface area (Å²) < 4.78 is 0. The summed E-state index contributed by atoms with van der Waals surface area (Å²) >= 11 is 0. The van der Waals surface area contributed by atoms with E-state index in [-0.39, 0.29) is 11.8 Å². The van der Waals surface area contributed by atoms with Crippen LogP contribution in [0.1, 0.15) is 18.9 Å². The number of benzene rings is 1. The van der Waals surface area contributed by atoms with E-state index in [0.29, 0.717) is 5.69 Å². The number of nitrogens with one attached hydrogen (secondary N) is 2. The quantitative estimate of drug-likeness (QED) is 0.650. The highest BCUT2D eigenvalue weighted by Crippen LogP contribution is 2.37. The molecule has 1 heterocycles. The van der Waals surface area contributed by atoms with Gasteiger partial charge in [0.15, 0.2) is 0 Å². The third-order valence-corrected chi connectivity index (χ3v) is 2.78. The van der Waals surface area contributed by atoms with Crippen molar-refractivity contribution in [2.45, 2.75) is 19.8 Å². The van der Waals surface area contributed by atoms with Crippen molar-refractivity contribution in [1.29, 1.82) is 0 Å². The Morgan fingerprint density at radius 2 is 2.18 bits per heavy atom. The molecular formula is C12H15N3O2. The van der Waals surface area contributed by atoms with E-state index in [4.69, 9.17) is 0 Å². The van der Waals surface area contributed by atoms with E-state index in [1.165, 1.54) is 7.05 Å². The molecule has 0 unspecified atom stereocenters. The summed E-state index contributed by atoms with van der Waals surface area (Å²) in [5.74, 6) is 0.0714. The van der Waals surface area contributed by atoms with Gasteiger partial charge in [-0.05, 0) is 31.9 Å². The fourth-order valence-electron chi connectivity index (χ4n) is 1.87. The first kappa shape index (κ1) is 11.4. The van der Waals surface area contributed by atoms with Crippen LogP contribution in [-0.4, -0.2) is 23.9 Å².